The first-order chi connectivity index (χ1) is 16.7. The molecule has 3 aliphatic rings. The van der Waals surface area contributed by atoms with Crippen molar-refractivity contribution < 1.29 is 4.39 Å². The summed E-state index contributed by atoms with van der Waals surface area (Å²) in [6.07, 6.45) is 5.70. The summed E-state index contributed by atoms with van der Waals surface area (Å²) < 4.78 is 13.7. The molecule has 0 spiro atoms. The first-order valence-corrected chi connectivity index (χ1v) is 11.9. The fourth-order valence-corrected chi connectivity index (χ4v) is 6.10. The van der Waals surface area contributed by atoms with Gasteiger partial charge in [-0.3, -0.25) is 0 Å². The third kappa shape index (κ3) is 3.58. The zero-order chi connectivity index (χ0) is 22.8. The van der Waals surface area contributed by atoms with Crippen molar-refractivity contribution in [3.05, 3.63) is 147 Å². The van der Waals surface area contributed by atoms with E-state index in [0.717, 1.165) is 12.0 Å². The predicted octanol–water partition coefficient (Wildman–Crippen LogP) is 7.38. The molecule has 4 aromatic rings. The summed E-state index contributed by atoms with van der Waals surface area (Å²) in [5.74, 6) is -0.0901. The average Bonchev–Trinajstić information content (AvgIpc) is 3.43. The van der Waals surface area contributed by atoms with Crippen molar-refractivity contribution in [3.8, 4) is 11.1 Å². The van der Waals surface area contributed by atoms with Gasteiger partial charge in [-0.15, -0.1) is 24.8 Å². The van der Waals surface area contributed by atoms with Crippen LogP contribution in [0, 0.1) is 5.82 Å². The van der Waals surface area contributed by atoms with Crippen LogP contribution in [-0.4, -0.2) is 0 Å². The molecule has 1 unspecified atom stereocenters. The Bertz CT molecular complexity index is 1690. The number of allylic oxidation sites excluding steroid dienone is 4. The number of hydrogen-bond acceptors (Lipinski definition) is 0. The van der Waals surface area contributed by atoms with E-state index < -0.39 is 0 Å². The van der Waals surface area contributed by atoms with E-state index >= 15 is 0 Å². The van der Waals surface area contributed by atoms with Gasteiger partial charge >= 0.3 is 0 Å². The highest BCUT2D eigenvalue weighted by Crippen LogP contribution is 2.48. The first-order valence-electron chi connectivity index (χ1n) is 11.9. The summed E-state index contributed by atoms with van der Waals surface area (Å²) in [6, 6.07) is 31.2. The molecule has 0 saturated heterocycles. The lowest BCUT2D eigenvalue weighted by Gasteiger charge is -2.28. The molecule has 0 aliphatic heterocycles. The lowest BCUT2D eigenvalue weighted by atomic mass is 9.75. The van der Waals surface area contributed by atoms with Crippen LogP contribution in [0.4, 0.5) is 4.39 Å². The van der Waals surface area contributed by atoms with Gasteiger partial charge < -0.3 is 0 Å². The molecule has 0 nitrogen and oxygen atoms in total. The monoisotopic (exact) mass is 510 g/mol. The van der Waals surface area contributed by atoms with Gasteiger partial charge in [0.25, 0.3) is 0 Å². The van der Waals surface area contributed by atoms with E-state index in [4.69, 9.17) is 0 Å². The third-order valence-corrected chi connectivity index (χ3v) is 7.58. The van der Waals surface area contributed by atoms with Gasteiger partial charge in [-0.1, -0.05) is 84.9 Å². The smallest absolute Gasteiger partial charge is 0.123 e. The van der Waals surface area contributed by atoms with Gasteiger partial charge in [-0.05, 0) is 97.7 Å². The standard InChI is InChI=1S/C33H23F.2ClH/c1-20-17-29(21-13-15-24(34)16-14-21)33-26-10-5-3-8-23(26)19-31(33)32(20)28-12-6-11-27-25-9-4-2-7-22(25)18-30(27)28;;/h2-17,19,29H,18H2,1H3;2*1H. The molecule has 0 N–H and O–H groups in total. The zero-order valence-electron chi connectivity index (χ0n) is 19.8. The molecule has 0 fully saturated rings. The van der Waals surface area contributed by atoms with E-state index in [-0.39, 0.29) is 36.5 Å². The third-order valence-electron chi connectivity index (χ3n) is 7.58. The maximum Gasteiger partial charge on any atom is 0.123 e. The van der Waals surface area contributed by atoms with Crippen LogP contribution in [0.15, 0.2) is 108 Å². The van der Waals surface area contributed by atoms with Gasteiger partial charge in [0.1, 0.15) is 5.82 Å². The quantitative estimate of drug-likeness (QED) is 0.232. The van der Waals surface area contributed by atoms with E-state index in [9.17, 15) is 4.39 Å². The van der Waals surface area contributed by atoms with E-state index in [1.165, 1.54) is 60.5 Å². The van der Waals surface area contributed by atoms with E-state index in [1.54, 1.807) is 12.1 Å². The van der Waals surface area contributed by atoms with Crippen molar-refractivity contribution in [2.45, 2.75) is 19.3 Å². The summed E-state index contributed by atoms with van der Waals surface area (Å²) in [5.41, 5.74) is 13.2. The molecule has 3 aliphatic carbocycles. The Morgan fingerprint density at radius 3 is 2.25 bits per heavy atom. The van der Waals surface area contributed by atoms with Crippen LogP contribution < -0.4 is 10.4 Å². The molecule has 0 heterocycles. The molecule has 1 atom stereocenters. The molecular weight excluding hydrogens is 486 g/mol. The van der Waals surface area contributed by atoms with Crippen molar-refractivity contribution in [1.82, 2.24) is 0 Å². The van der Waals surface area contributed by atoms with Gasteiger partial charge in [0.15, 0.2) is 0 Å². The second kappa shape index (κ2) is 9.24. The molecule has 0 saturated carbocycles. The SMILES string of the molecule is CC1=CC(c2ccc(F)cc2)C2=c3ccccc3=CC2=C1c1cccc2c1Cc1ccccc1-2.Cl.Cl. The van der Waals surface area contributed by atoms with Crippen LogP contribution in [0.2, 0.25) is 0 Å². The van der Waals surface area contributed by atoms with Crippen LogP contribution >= 0.6 is 24.8 Å². The number of rotatable bonds is 2. The summed E-state index contributed by atoms with van der Waals surface area (Å²) in [5, 5.41) is 2.54. The normalized spacial score (nSPS) is 16.6. The van der Waals surface area contributed by atoms with Crippen molar-refractivity contribution in [1.29, 1.82) is 0 Å². The maximum atomic E-state index is 13.7. The van der Waals surface area contributed by atoms with Crippen LogP contribution in [0.25, 0.3) is 28.3 Å². The summed E-state index contributed by atoms with van der Waals surface area (Å²) in [4.78, 5) is 0. The van der Waals surface area contributed by atoms with Crippen LogP contribution in [-0.2, 0) is 6.42 Å². The van der Waals surface area contributed by atoms with Crippen molar-refractivity contribution >= 4 is 42.0 Å². The minimum atomic E-state index is -0.195. The highest BCUT2D eigenvalue weighted by atomic mass is 35.5. The van der Waals surface area contributed by atoms with Crippen molar-refractivity contribution in [2.75, 3.05) is 0 Å². The number of hydrogen-bond donors (Lipinski definition) is 0. The van der Waals surface area contributed by atoms with E-state index in [0.29, 0.717) is 0 Å². The molecule has 36 heavy (non-hydrogen) atoms. The molecule has 178 valence electrons. The largest absolute Gasteiger partial charge is 0.207 e. The molecule has 4 aromatic carbocycles. The zero-order valence-corrected chi connectivity index (χ0v) is 21.4. The van der Waals surface area contributed by atoms with Crippen molar-refractivity contribution in [3.63, 3.8) is 0 Å². The molecule has 0 radical (unpaired) electrons. The molecule has 0 amide bonds. The van der Waals surface area contributed by atoms with Crippen molar-refractivity contribution in [2.24, 2.45) is 0 Å². The van der Waals surface area contributed by atoms with Crippen LogP contribution in [0.3, 0.4) is 0 Å². The average molecular weight is 511 g/mol. The first kappa shape index (κ1) is 24.3. The maximum absolute atomic E-state index is 13.7. The minimum absolute atomic E-state index is 0. The van der Waals surface area contributed by atoms with Crippen LogP contribution in [0.5, 0.6) is 0 Å². The number of halogens is 3. The van der Waals surface area contributed by atoms with Gasteiger partial charge in [-0.25, -0.2) is 4.39 Å². The topological polar surface area (TPSA) is 0 Å². The Labute approximate surface area is 223 Å². The van der Waals surface area contributed by atoms with Crippen LogP contribution in [0.1, 0.15) is 35.1 Å². The Morgan fingerprint density at radius 1 is 0.722 bits per heavy atom. The lowest BCUT2D eigenvalue weighted by Crippen LogP contribution is -2.24. The Balaban J connectivity index is 0.00000133. The number of benzene rings is 4. The minimum Gasteiger partial charge on any atom is -0.207 e. The molecule has 0 bridgehead atoms. The second-order valence-electron chi connectivity index (χ2n) is 9.48. The van der Waals surface area contributed by atoms with Gasteiger partial charge in [-0.2, -0.15) is 0 Å². The van der Waals surface area contributed by atoms with Gasteiger partial charge in [0.2, 0.25) is 0 Å². The highest BCUT2D eigenvalue weighted by molar-refractivity contribution is 6.04. The summed E-state index contributed by atoms with van der Waals surface area (Å²) in [7, 11) is 0. The van der Waals surface area contributed by atoms with Gasteiger partial charge in [0, 0.05) is 5.92 Å². The molecule has 0 aromatic heterocycles. The second-order valence-corrected chi connectivity index (χ2v) is 9.48. The molecule has 7 rings (SSSR count). The molecular formula is C33H25Cl2F. The fraction of sp³-hybridized carbons (Fsp3) is 0.0909. The lowest BCUT2D eigenvalue weighted by molar-refractivity contribution is 0.627. The Kier molecular flexibility index (Phi) is 6.24. The van der Waals surface area contributed by atoms with E-state index in [2.05, 4.69) is 85.8 Å². The Hall–Kier alpha value is -3.39. The summed E-state index contributed by atoms with van der Waals surface area (Å²) >= 11 is 0. The predicted molar refractivity (Wildman–Crippen MR) is 153 cm³/mol. The number of fused-ring (bicyclic) bond motifs is 5. The summed E-state index contributed by atoms with van der Waals surface area (Å²) in [6.45, 7) is 2.23. The fourth-order valence-electron chi connectivity index (χ4n) is 6.10. The van der Waals surface area contributed by atoms with E-state index in [1.807, 2.05) is 12.1 Å². The van der Waals surface area contributed by atoms with Gasteiger partial charge in [0.05, 0.1) is 0 Å². The Morgan fingerprint density at radius 2 is 1.42 bits per heavy atom. The molecule has 3 heteroatoms. The highest BCUT2D eigenvalue weighted by Gasteiger charge is 2.31.